The summed E-state index contributed by atoms with van der Waals surface area (Å²) in [6.45, 7) is 0.327. The molecular weight excluding hydrogens is 296 g/mol. The van der Waals surface area contributed by atoms with Crippen molar-refractivity contribution in [3.05, 3.63) is 35.1 Å². The lowest BCUT2D eigenvalue weighted by Crippen LogP contribution is -1.97. The van der Waals surface area contributed by atoms with Gasteiger partial charge in [0.25, 0.3) is 0 Å². The Kier molecular flexibility index (Phi) is 5.71. The first-order chi connectivity index (χ1) is 9.78. The first-order valence-corrected chi connectivity index (χ1v) is 7.43. The van der Waals surface area contributed by atoms with E-state index < -0.39 is 0 Å². The van der Waals surface area contributed by atoms with Crippen LogP contribution >= 0.6 is 23.4 Å². The highest BCUT2D eigenvalue weighted by atomic mass is 35.5. The molecule has 5 nitrogen and oxygen atoms in total. The second kappa shape index (κ2) is 7.78. The Balaban J connectivity index is 1.78. The van der Waals surface area contributed by atoms with E-state index in [2.05, 4.69) is 21.3 Å². The van der Waals surface area contributed by atoms with Gasteiger partial charge in [-0.2, -0.15) is 5.26 Å². The van der Waals surface area contributed by atoms with Crippen molar-refractivity contribution in [2.24, 2.45) is 0 Å². The first kappa shape index (κ1) is 14.7. The van der Waals surface area contributed by atoms with E-state index in [0.717, 1.165) is 17.9 Å². The highest BCUT2D eigenvalue weighted by molar-refractivity contribution is 7.99. The molecule has 0 aliphatic rings. The van der Waals surface area contributed by atoms with E-state index in [0.29, 0.717) is 29.0 Å². The molecule has 104 valence electrons. The molecule has 0 atom stereocenters. The number of unbranched alkanes of at least 4 members (excludes halogenated alkanes) is 1. The van der Waals surface area contributed by atoms with Crippen LogP contribution in [-0.2, 0) is 6.61 Å². The molecule has 0 aliphatic carbocycles. The number of hydrogen-bond donors (Lipinski definition) is 1. The summed E-state index contributed by atoms with van der Waals surface area (Å²) < 4.78 is 5.56. The van der Waals surface area contributed by atoms with Gasteiger partial charge in [0.2, 0.25) is 5.16 Å². The van der Waals surface area contributed by atoms with E-state index in [1.807, 2.05) is 0 Å². The van der Waals surface area contributed by atoms with Crippen molar-refractivity contribution < 1.29 is 4.74 Å². The molecule has 1 aromatic carbocycles. The normalized spacial score (nSPS) is 10.2. The number of H-pyrrole nitrogens is 1. The Morgan fingerprint density at radius 3 is 2.90 bits per heavy atom. The van der Waals surface area contributed by atoms with Crippen molar-refractivity contribution in [2.75, 3.05) is 5.75 Å². The maximum atomic E-state index is 8.44. The number of hydrogen-bond acceptors (Lipinski definition) is 5. The standard InChI is InChI=1S/C13H13ClN4OS/c14-10-3-5-11(6-4-10)19-9-12-16-13(18-17-12)20-8-2-1-7-15/h3-6H,1-2,8-9H2,(H,16,17,18). The quantitative estimate of drug-likeness (QED) is 0.626. The molecule has 0 spiro atoms. The third-order valence-corrected chi connectivity index (χ3v) is 3.55. The molecule has 0 saturated heterocycles. The molecule has 20 heavy (non-hydrogen) atoms. The minimum Gasteiger partial charge on any atom is -0.486 e. The number of rotatable bonds is 7. The fourth-order valence-electron chi connectivity index (χ4n) is 1.40. The third-order valence-electron chi connectivity index (χ3n) is 2.36. The van der Waals surface area contributed by atoms with E-state index in [1.54, 1.807) is 24.3 Å². The molecule has 0 saturated carbocycles. The topological polar surface area (TPSA) is 74.6 Å². The molecule has 7 heteroatoms. The largest absolute Gasteiger partial charge is 0.486 e. The molecule has 0 fully saturated rings. The van der Waals surface area contributed by atoms with Crippen LogP contribution in [0.5, 0.6) is 5.75 Å². The van der Waals surface area contributed by atoms with Crippen molar-refractivity contribution in [2.45, 2.75) is 24.6 Å². The summed E-state index contributed by atoms with van der Waals surface area (Å²) in [5, 5.41) is 16.7. The van der Waals surface area contributed by atoms with Crippen molar-refractivity contribution in [1.29, 1.82) is 5.26 Å². The lowest BCUT2D eigenvalue weighted by Gasteiger charge is -2.03. The SMILES string of the molecule is N#CCCCSc1n[nH]c(COc2ccc(Cl)cc2)n1. The first-order valence-electron chi connectivity index (χ1n) is 6.07. The average molecular weight is 309 g/mol. The van der Waals surface area contributed by atoms with Gasteiger partial charge in [0.1, 0.15) is 12.4 Å². The van der Waals surface area contributed by atoms with Gasteiger partial charge in [-0.1, -0.05) is 23.4 Å². The smallest absolute Gasteiger partial charge is 0.208 e. The third kappa shape index (κ3) is 4.76. The molecular formula is C13H13ClN4OS. The number of aromatic amines is 1. The fourth-order valence-corrected chi connectivity index (χ4v) is 2.29. The van der Waals surface area contributed by atoms with E-state index in [1.165, 1.54) is 11.8 Å². The summed E-state index contributed by atoms with van der Waals surface area (Å²) in [5.74, 6) is 2.24. The van der Waals surface area contributed by atoms with E-state index in [9.17, 15) is 0 Å². The highest BCUT2D eigenvalue weighted by Gasteiger charge is 2.04. The lowest BCUT2D eigenvalue weighted by atomic mass is 10.3. The van der Waals surface area contributed by atoms with Gasteiger partial charge in [-0.05, 0) is 30.7 Å². The van der Waals surface area contributed by atoms with Crippen LogP contribution in [0.1, 0.15) is 18.7 Å². The second-order valence-electron chi connectivity index (χ2n) is 3.92. The summed E-state index contributed by atoms with van der Waals surface area (Å²) in [6.07, 6.45) is 1.40. The molecule has 2 rings (SSSR count). The number of nitrogens with one attached hydrogen (secondary N) is 1. The number of nitrogens with zero attached hydrogens (tertiary/aromatic N) is 3. The van der Waals surface area contributed by atoms with Gasteiger partial charge in [0, 0.05) is 17.2 Å². The minimum absolute atomic E-state index is 0.327. The molecule has 0 radical (unpaired) electrons. The van der Waals surface area contributed by atoms with Crippen LogP contribution in [0.15, 0.2) is 29.4 Å². The van der Waals surface area contributed by atoms with Gasteiger partial charge < -0.3 is 4.74 Å². The summed E-state index contributed by atoms with van der Waals surface area (Å²) in [6, 6.07) is 9.26. The predicted octanol–water partition coefficient (Wildman–Crippen LogP) is 3.43. The lowest BCUT2D eigenvalue weighted by molar-refractivity contribution is 0.296. The molecule has 0 aliphatic heterocycles. The Morgan fingerprint density at radius 2 is 2.15 bits per heavy atom. The second-order valence-corrected chi connectivity index (χ2v) is 5.42. The van der Waals surface area contributed by atoms with Gasteiger partial charge in [0.15, 0.2) is 5.82 Å². The van der Waals surface area contributed by atoms with Crippen molar-refractivity contribution >= 4 is 23.4 Å². The molecule has 0 amide bonds. The zero-order chi connectivity index (χ0) is 14.2. The molecule has 2 aromatic rings. The summed E-state index contributed by atoms with van der Waals surface area (Å²) in [4.78, 5) is 4.30. The van der Waals surface area contributed by atoms with Crippen LogP contribution in [0.4, 0.5) is 0 Å². The Morgan fingerprint density at radius 1 is 1.35 bits per heavy atom. The summed E-state index contributed by atoms with van der Waals surface area (Å²) >= 11 is 7.32. The van der Waals surface area contributed by atoms with Crippen molar-refractivity contribution in [1.82, 2.24) is 15.2 Å². The predicted molar refractivity (Wildman–Crippen MR) is 77.7 cm³/mol. The van der Waals surface area contributed by atoms with Gasteiger partial charge in [-0.25, -0.2) is 4.98 Å². The minimum atomic E-state index is 0.327. The van der Waals surface area contributed by atoms with Gasteiger partial charge in [0.05, 0.1) is 6.07 Å². The van der Waals surface area contributed by atoms with Crippen LogP contribution in [0, 0.1) is 11.3 Å². The number of halogens is 1. The number of thioether (sulfide) groups is 1. The number of aromatic nitrogens is 3. The Labute approximate surface area is 126 Å². The summed E-state index contributed by atoms with van der Waals surface area (Å²) in [7, 11) is 0. The zero-order valence-electron chi connectivity index (χ0n) is 10.7. The van der Waals surface area contributed by atoms with Gasteiger partial charge in [-0.3, -0.25) is 5.10 Å². The Bertz CT molecular complexity index is 579. The maximum absolute atomic E-state index is 8.44. The molecule has 1 aromatic heterocycles. The van der Waals surface area contributed by atoms with Gasteiger partial charge >= 0.3 is 0 Å². The van der Waals surface area contributed by atoms with Crippen LogP contribution in [-0.4, -0.2) is 20.9 Å². The average Bonchev–Trinajstić information content (AvgIpc) is 2.91. The maximum Gasteiger partial charge on any atom is 0.208 e. The van der Waals surface area contributed by atoms with Crippen LogP contribution in [0.2, 0.25) is 5.02 Å². The van der Waals surface area contributed by atoms with Crippen LogP contribution < -0.4 is 4.74 Å². The van der Waals surface area contributed by atoms with Crippen LogP contribution in [0.25, 0.3) is 0 Å². The van der Waals surface area contributed by atoms with E-state index in [4.69, 9.17) is 21.6 Å². The van der Waals surface area contributed by atoms with Crippen LogP contribution in [0.3, 0.4) is 0 Å². The number of nitriles is 1. The van der Waals surface area contributed by atoms with Crippen molar-refractivity contribution in [3.63, 3.8) is 0 Å². The number of benzene rings is 1. The molecule has 1 N–H and O–H groups in total. The van der Waals surface area contributed by atoms with E-state index >= 15 is 0 Å². The van der Waals surface area contributed by atoms with Gasteiger partial charge in [-0.15, -0.1) is 5.10 Å². The highest BCUT2D eigenvalue weighted by Crippen LogP contribution is 2.17. The van der Waals surface area contributed by atoms with E-state index in [-0.39, 0.29) is 0 Å². The monoisotopic (exact) mass is 308 g/mol. The molecule has 0 bridgehead atoms. The summed E-state index contributed by atoms with van der Waals surface area (Å²) in [5.41, 5.74) is 0. The number of ether oxygens (including phenoxy) is 1. The molecule has 0 unspecified atom stereocenters. The zero-order valence-corrected chi connectivity index (χ0v) is 12.2. The Hall–Kier alpha value is -1.71. The fraction of sp³-hybridized carbons (Fsp3) is 0.308. The molecule has 1 heterocycles. The van der Waals surface area contributed by atoms with Crippen molar-refractivity contribution in [3.8, 4) is 11.8 Å².